The summed E-state index contributed by atoms with van der Waals surface area (Å²) in [5, 5.41) is 9.49. The minimum absolute atomic E-state index is 0.137. The molecule has 1 aliphatic heterocycles. The maximum Gasteiger partial charge on any atom is 0.246 e. The standard InChI is InChI=1S/C12H16BrNO4S/c1-2-18-11-4-3-9(13)7-12(11)19(16,17)14-6-5-10(15)8-14/h3-4,7,10,15H,2,5-6,8H2,1H3. The number of aliphatic hydroxyl groups excluding tert-OH is 1. The molecule has 0 saturated carbocycles. The highest BCUT2D eigenvalue weighted by molar-refractivity contribution is 9.10. The van der Waals surface area contributed by atoms with Crippen molar-refractivity contribution in [3.8, 4) is 5.75 Å². The number of hydrogen-bond donors (Lipinski definition) is 1. The van der Waals surface area contributed by atoms with Gasteiger partial charge < -0.3 is 9.84 Å². The molecule has 1 saturated heterocycles. The van der Waals surface area contributed by atoms with Gasteiger partial charge in [-0.3, -0.25) is 0 Å². The van der Waals surface area contributed by atoms with E-state index < -0.39 is 16.1 Å². The van der Waals surface area contributed by atoms with E-state index in [-0.39, 0.29) is 11.4 Å². The molecule has 1 fully saturated rings. The van der Waals surface area contributed by atoms with E-state index in [1.165, 1.54) is 10.4 Å². The Morgan fingerprint density at radius 3 is 2.84 bits per heavy atom. The monoisotopic (exact) mass is 349 g/mol. The molecule has 1 aromatic rings. The van der Waals surface area contributed by atoms with Gasteiger partial charge >= 0.3 is 0 Å². The molecule has 0 bridgehead atoms. The normalized spacial score (nSPS) is 20.7. The van der Waals surface area contributed by atoms with Crippen LogP contribution in [0.4, 0.5) is 0 Å². The molecule has 1 aliphatic rings. The Balaban J connectivity index is 2.41. The van der Waals surface area contributed by atoms with Crippen LogP contribution in [0.15, 0.2) is 27.6 Å². The van der Waals surface area contributed by atoms with E-state index in [9.17, 15) is 13.5 Å². The molecule has 106 valence electrons. The molecule has 7 heteroatoms. The van der Waals surface area contributed by atoms with Crippen molar-refractivity contribution in [2.24, 2.45) is 0 Å². The van der Waals surface area contributed by atoms with Gasteiger partial charge in [-0.1, -0.05) is 15.9 Å². The van der Waals surface area contributed by atoms with Gasteiger partial charge in [-0.15, -0.1) is 0 Å². The van der Waals surface area contributed by atoms with Crippen LogP contribution in [0.3, 0.4) is 0 Å². The summed E-state index contributed by atoms with van der Waals surface area (Å²) >= 11 is 3.27. The highest BCUT2D eigenvalue weighted by Crippen LogP contribution is 2.31. The highest BCUT2D eigenvalue weighted by Gasteiger charge is 2.33. The van der Waals surface area contributed by atoms with Gasteiger partial charge in [0.1, 0.15) is 10.6 Å². The first-order valence-corrected chi connectivity index (χ1v) is 8.29. The lowest BCUT2D eigenvalue weighted by molar-refractivity contribution is 0.189. The van der Waals surface area contributed by atoms with Crippen LogP contribution in [0, 0.1) is 0 Å². The third-order valence-electron chi connectivity index (χ3n) is 2.95. The molecule has 5 nitrogen and oxygen atoms in total. The van der Waals surface area contributed by atoms with E-state index in [0.717, 1.165) is 0 Å². The molecule has 0 radical (unpaired) electrons. The van der Waals surface area contributed by atoms with E-state index in [2.05, 4.69) is 15.9 Å². The van der Waals surface area contributed by atoms with E-state index >= 15 is 0 Å². The molecule has 0 aromatic heterocycles. The molecule has 1 aromatic carbocycles. The number of ether oxygens (including phenoxy) is 1. The minimum atomic E-state index is -3.63. The number of β-amino-alcohol motifs (C(OH)–C–C–N with tert-alkyl or cyclic N) is 1. The lowest BCUT2D eigenvalue weighted by atomic mass is 10.3. The van der Waals surface area contributed by atoms with Crippen LogP contribution < -0.4 is 4.74 Å². The van der Waals surface area contributed by atoms with Crippen molar-refractivity contribution in [1.82, 2.24) is 4.31 Å². The highest BCUT2D eigenvalue weighted by atomic mass is 79.9. The lowest BCUT2D eigenvalue weighted by Crippen LogP contribution is -2.30. The number of rotatable bonds is 4. The van der Waals surface area contributed by atoms with Crippen molar-refractivity contribution >= 4 is 26.0 Å². The maximum absolute atomic E-state index is 12.5. The van der Waals surface area contributed by atoms with Gasteiger partial charge in [0.05, 0.1) is 12.7 Å². The molecule has 0 aliphatic carbocycles. The summed E-state index contributed by atoms with van der Waals surface area (Å²) in [7, 11) is -3.63. The molecule has 1 atom stereocenters. The molecule has 19 heavy (non-hydrogen) atoms. The Labute approximate surface area is 121 Å². The van der Waals surface area contributed by atoms with Crippen LogP contribution in [-0.4, -0.2) is 43.6 Å². The summed E-state index contributed by atoms with van der Waals surface area (Å²) < 4.78 is 32.4. The third kappa shape index (κ3) is 3.10. The first-order chi connectivity index (χ1) is 8.95. The zero-order chi connectivity index (χ0) is 14.0. The second kappa shape index (κ2) is 5.78. The molecule has 1 unspecified atom stereocenters. The summed E-state index contributed by atoms with van der Waals surface area (Å²) in [5.74, 6) is 0.340. The van der Waals surface area contributed by atoms with Crippen molar-refractivity contribution in [3.63, 3.8) is 0 Å². The predicted molar refractivity (Wildman–Crippen MR) is 74.7 cm³/mol. The van der Waals surface area contributed by atoms with E-state index in [4.69, 9.17) is 4.74 Å². The van der Waals surface area contributed by atoms with Gasteiger partial charge in [0.15, 0.2) is 0 Å². The van der Waals surface area contributed by atoms with Crippen molar-refractivity contribution in [3.05, 3.63) is 22.7 Å². The van der Waals surface area contributed by atoms with E-state index in [0.29, 0.717) is 29.8 Å². The van der Waals surface area contributed by atoms with Gasteiger partial charge in [-0.25, -0.2) is 8.42 Å². The fourth-order valence-corrected chi connectivity index (χ4v) is 4.19. The quantitative estimate of drug-likeness (QED) is 0.896. The Morgan fingerprint density at radius 1 is 1.53 bits per heavy atom. The summed E-state index contributed by atoms with van der Waals surface area (Å²) in [6, 6.07) is 4.90. The molecule has 1 N–H and O–H groups in total. The Hall–Kier alpha value is -0.630. The molecule has 0 spiro atoms. The zero-order valence-electron chi connectivity index (χ0n) is 10.5. The van der Waals surface area contributed by atoms with Gasteiger partial charge in [-0.2, -0.15) is 4.31 Å². The second-order valence-electron chi connectivity index (χ2n) is 4.33. The molecule has 1 heterocycles. The maximum atomic E-state index is 12.5. The van der Waals surface area contributed by atoms with Crippen molar-refractivity contribution in [2.75, 3.05) is 19.7 Å². The van der Waals surface area contributed by atoms with Gasteiger partial charge in [-0.05, 0) is 31.5 Å². The van der Waals surface area contributed by atoms with Gasteiger partial charge in [0, 0.05) is 17.6 Å². The van der Waals surface area contributed by atoms with Gasteiger partial charge in [0.2, 0.25) is 10.0 Å². The number of sulfonamides is 1. The number of aliphatic hydroxyl groups is 1. The fourth-order valence-electron chi connectivity index (χ4n) is 2.03. The predicted octanol–water partition coefficient (Wildman–Crippen LogP) is 1.60. The zero-order valence-corrected chi connectivity index (χ0v) is 12.9. The van der Waals surface area contributed by atoms with Crippen LogP contribution in [0.5, 0.6) is 5.75 Å². The summed E-state index contributed by atoms with van der Waals surface area (Å²) in [4.78, 5) is 0.137. The summed E-state index contributed by atoms with van der Waals surface area (Å²) in [6.07, 6.45) is -0.116. The second-order valence-corrected chi connectivity index (χ2v) is 7.15. The van der Waals surface area contributed by atoms with Crippen LogP contribution in [-0.2, 0) is 10.0 Å². The molecule has 2 rings (SSSR count). The van der Waals surface area contributed by atoms with Crippen molar-refractivity contribution < 1.29 is 18.3 Å². The number of benzene rings is 1. The van der Waals surface area contributed by atoms with Crippen LogP contribution in [0.25, 0.3) is 0 Å². The number of halogens is 1. The van der Waals surface area contributed by atoms with Crippen LogP contribution >= 0.6 is 15.9 Å². The molecule has 0 amide bonds. The summed E-state index contributed by atoms with van der Waals surface area (Å²) in [6.45, 7) is 2.67. The number of hydrogen-bond acceptors (Lipinski definition) is 4. The van der Waals surface area contributed by atoms with Crippen molar-refractivity contribution in [1.29, 1.82) is 0 Å². The average molecular weight is 350 g/mol. The molecular formula is C12H16BrNO4S. The van der Waals surface area contributed by atoms with Crippen LogP contribution in [0.2, 0.25) is 0 Å². The smallest absolute Gasteiger partial charge is 0.246 e. The number of nitrogens with zero attached hydrogens (tertiary/aromatic N) is 1. The Bertz CT molecular complexity index is 561. The Morgan fingerprint density at radius 2 is 2.26 bits per heavy atom. The largest absolute Gasteiger partial charge is 0.492 e. The first kappa shape index (κ1) is 14.8. The first-order valence-electron chi connectivity index (χ1n) is 6.05. The van der Waals surface area contributed by atoms with E-state index in [1.54, 1.807) is 19.1 Å². The summed E-state index contributed by atoms with van der Waals surface area (Å²) in [5.41, 5.74) is 0. The van der Waals surface area contributed by atoms with Crippen LogP contribution in [0.1, 0.15) is 13.3 Å². The average Bonchev–Trinajstić information content (AvgIpc) is 2.79. The fraction of sp³-hybridized carbons (Fsp3) is 0.500. The third-order valence-corrected chi connectivity index (χ3v) is 5.33. The SMILES string of the molecule is CCOc1ccc(Br)cc1S(=O)(=O)N1CCC(O)C1. The minimum Gasteiger partial charge on any atom is -0.492 e. The van der Waals surface area contributed by atoms with Crippen molar-refractivity contribution in [2.45, 2.75) is 24.3 Å². The topological polar surface area (TPSA) is 66.8 Å². The van der Waals surface area contributed by atoms with E-state index in [1.807, 2.05) is 0 Å². The van der Waals surface area contributed by atoms with Gasteiger partial charge in [0.25, 0.3) is 0 Å². The Kier molecular flexibility index (Phi) is 4.50. The lowest BCUT2D eigenvalue weighted by Gasteiger charge is -2.18. The molecular weight excluding hydrogens is 334 g/mol.